The molecule has 1 aliphatic rings. The highest BCUT2D eigenvalue weighted by atomic mass is 32.2. The molecule has 0 aliphatic heterocycles. The lowest BCUT2D eigenvalue weighted by molar-refractivity contribution is -0.137. The zero-order valence-electron chi connectivity index (χ0n) is 20.6. The standard InChI is InChI=1S/C20H22F3NO.C5H9N3O2S/c1-24-12-15-10-14-6-7-17(25-2)11-19(14)18(15)9-13-4-3-5-16(8-13)20(21,22)23;1-6-11(9,10)5-3-7-8(2)4-5/h3-8,11,15,18,24H,9-10,12H2,1-2H3;3-4,6H,1-2H3. The Bertz CT molecular complexity index is 1280. The van der Waals surface area contributed by atoms with Gasteiger partial charge in [-0.2, -0.15) is 18.3 Å². The Labute approximate surface area is 209 Å². The SMILES string of the molecule is CNCC1Cc2ccc(OC)cc2C1Cc1cccc(C(F)(F)F)c1.CNS(=O)(=O)c1cnn(C)c1. The summed E-state index contributed by atoms with van der Waals surface area (Å²) in [6.07, 6.45) is -0.0465. The first-order valence-corrected chi connectivity index (χ1v) is 12.9. The molecule has 0 fully saturated rings. The number of alkyl halides is 3. The zero-order valence-corrected chi connectivity index (χ0v) is 21.4. The highest BCUT2D eigenvalue weighted by Gasteiger charge is 2.34. The number of aromatic nitrogens is 2. The Morgan fingerprint density at radius 2 is 1.92 bits per heavy atom. The fraction of sp³-hybridized carbons (Fsp3) is 0.400. The van der Waals surface area contributed by atoms with Gasteiger partial charge in [-0.15, -0.1) is 0 Å². The lowest BCUT2D eigenvalue weighted by Gasteiger charge is -2.21. The number of nitrogens with one attached hydrogen (secondary N) is 2. The fourth-order valence-corrected chi connectivity index (χ4v) is 5.16. The van der Waals surface area contributed by atoms with Crippen molar-refractivity contribution in [2.45, 2.75) is 29.8 Å². The van der Waals surface area contributed by atoms with Gasteiger partial charge in [0.2, 0.25) is 10.0 Å². The first kappa shape index (κ1) is 27.7. The van der Waals surface area contributed by atoms with Crippen molar-refractivity contribution in [2.75, 3.05) is 27.7 Å². The molecule has 11 heteroatoms. The van der Waals surface area contributed by atoms with Gasteiger partial charge in [0.1, 0.15) is 10.6 Å². The van der Waals surface area contributed by atoms with E-state index < -0.39 is 21.8 Å². The van der Waals surface area contributed by atoms with Crippen molar-refractivity contribution in [1.82, 2.24) is 19.8 Å². The van der Waals surface area contributed by atoms with Crippen molar-refractivity contribution >= 4 is 10.0 Å². The number of aryl methyl sites for hydroxylation is 1. The van der Waals surface area contributed by atoms with E-state index in [1.807, 2.05) is 19.2 Å². The number of rotatable bonds is 7. The van der Waals surface area contributed by atoms with Crippen LogP contribution in [0.2, 0.25) is 0 Å². The van der Waals surface area contributed by atoms with Crippen molar-refractivity contribution in [1.29, 1.82) is 0 Å². The second-order valence-electron chi connectivity index (χ2n) is 8.65. The minimum absolute atomic E-state index is 0.182. The molecule has 0 amide bonds. The van der Waals surface area contributed by atoms with Crippen LogP contribution in [0.4, 0.5) is 13.2 Å². The molecule has 1 aromatic heterocycles. The normalized spacial score (nSPS) is 17.3. The molecule has 2 N–H and O–H groups in total. The minimum atomic E-state index is -4.31. The van der Waals surface area contributed by atoms with Crippen LogP contribution in [0.25, 0.3) is 0 Å². The van der Waals surface area contributed by atoms with Gasteiger partial charge < -0.3 is 10.1 Å². The van der Waals surface area contributed by atoms with Gasteiger partial charge >= 0.3 is 6.18 Å². The number of nitrogens with zero attached hydrogens (tertiary/aromatic N) is 2. The molecule has 0 saturated heterocycles. The number of halogens is 3. The average molecular weight is 525 g/mol. The molecule has 7 nitrogen and oxygen atoms in total. The van der Waals surface area contributed by atoms with Gasteiger partial charge in [0.05, 0.1) is 18.9 Å². The summed E-state index contributed by atoms with van der Waals surface area (Å²) in [6, 6.07) is 11.7. The number of fused-ring (bicyclic) bond motifs is 1. The maximum atomic E-state index is 13.0. The molecule has 4 rings (SSSR count). The van der Waals surface area contributed by atoms with Crippen molar-refractivity contribution < 1.29 is 26.3 Å². The second kappa shape index (κ2) is 11.4. The van der Waals surface area contributed by atoms with Crippen LogP contribution in [0.1, 0.15) is 28.2 Å². The number of methoxy groups -OCH3 is 1. The predicted octanol–water partition coefficient (Wildman–Crippen LogP) is 3.76. The molecule has 0 radical (unpaired) electrons. The molecule has 1 aliphatic carbocycles. The largest absolute Gasteiger partial charge is 0.497 e. The van der Waals surface area contributed by atoms with Gasteiger partial charge in [-0.1, -0.05) is 24.3 Å². The Morgan fingerprint density at radius 1 is 1.17 bits per heavy atom. The Hall–Kier alpha value is -2.89. The van der Waals surface area contributed by atoms with Gasteiger partial charge in [0.25, 0.3) is 0 Å². The Morgan fingerprint density at radius 3 is 2.50 bits per heavy atom. The number of hydrogen-bond donors (Lipinski definition) is 2. The number of sulfonamides is 1. The van der Waals surface area contributed by atoms with Gasteiger partial charge in [-0.05, 0) is 80.2 Å². The molecule has 36 heavy (non-hydrogen) atoms. The van der Waals surface area contributed by atoms with E-state index in [9.17, 15) is 21.6 Å². The Kier molecular flexibility index (Phi) is 8.80. The fourth-order valence-electron chi connectivity index (χ4n) is 4.45. The first-order chi connectivity index (χ1) is 17.0. The van der Waals surface area contributed by atoms with E-state index in [4.69, 9.17) is 4.74 Å². The first-order valence-electron chi connectivity index (χ1n) is 11.4. The van der Waals surface area contributed by atoms with Crippen LogP contribution in [0.5, 0.6) is 5.75 Å². The maximum Gasteiger partial charge on any atom is 0.416 e. The zero-order chi connectivity index (χ0) is 26.5. The van der Waals surface area contributed by atoms with Crippen LogP contribution in [0.3, 0.4) is 0 Å². The summed E-state index contributed by atoms with van der Waals surface area (Å²) in [5.41, 5.74) is 2.59. The molecule has 2 unspecified atom stereocenters. The van der Waals surface area contributed by atoms with E-state index in [2.05, 4.69) is 21.2 Å². The summed E-state index contributed by atoms with van der Waals surface area (Å²) < 4.78 is 70.0. The van der Waals surface area contributed by atoms with E-state index in [1.165, 1.54) is 47.4 Å². The number of hydrogen-bond acceptors (Lipinski definition) is 5. The third-order valence-electron chi connectivity index (χ3n) is 6.24. The second-order valence-corrected chi connectivity index (χ2v) is 10.5. The van der Waals surface area contributed by atoms with Crippen molar-refractivity contribution in [3.8, 4) is 5.75 Å². The summed E-state index contributed by atoms with van der Waals surface area (Å²) in [5.74, 6) is 1.33. The smallest absolute Gasteiger partial charge is 0.416 e. The topological polar surface area (TPSA) is 85.2 Å². The molecule has 3 aromatic rings. The van der Waals surface area contributed by atoms with E-state index in [0.29, 0.717) is 12.3 Å². The molecule has 1 heterocycles. The van der Waals surface area contributed by atoms with E-state index in [0.717, 1.165) is 30.3 Å². The van der Waals surface area contributed by atoms with E-state index in [1.54, 1.807) is 20.2 Å². The molecule has 2 aromatic carbocycles. The highest BCUT2D eigenvalue weighted by Crippen LogP contribution is 2.42. The molecule has 0 saturated carbocycles. The maximum absolute atomic E-state index is 13.0. The molecule has 2 atom stereocenters. The third-order valence-corrected chi connectivity index (χ3v) is 7.61. The highest BCUT2D eigenvalue weighted by molar-refractivity contribution is 7.89. The lowest BCUT2D eigenvalue weighted by atomic mass is 9.86. The van der Waals surface area contributed by atoms with Crippen molar-refractivity contribution in [3.63, 3.8) is 0 Å². The molecule has 0 bridgehead atoms. The van der Waals surface area contributed by atoms with E-state index >= 15 is 0 Å². The van der Waals surface area contributed by atoms with E-state index in [-0.39, 0.29) is 10.8 Å². The van der Waals surface area contributed by atoms with Crippen LogP contribution in [0.15, 0.2) is 59.8 Å². The monoisotopic (exact) mass is 524 g/mol. The summed E-state index contributed by atoms with van der Waals surface area (Å²) >= 11 is 0. The molecule has 0 spiro atoms. The van der Waals surface area contributed by atoms with Crippen LogP contribution in [-0.4, -0.2) is 45.9 Å². The van der Waals surface area contributed by atoms with Crippen LogP contribution < -0.4 is 14.8 Å². The van der Waals surface area contributed by atoms with Crippen LogP contribution in [0, 0.1) is 5.92 Å². The summed E-state index contributed by atoms with van der Waals surface area (Å²) in [4.78, 5) is 0.183. The molecule has 196 valence electrons. The van der Waals surface area contributed by atoms with Crippen molar-refractivity contribution in [3.05, 3.63) is 77.1 Å². The molecular formula is C25H31F3N4O3S. The molecular weight excluding hydrogens is 493 g/mol. The van der Waals surface area contributed by atoms with Gasteiger partial charge in [-0.3, -0.25) is 4.68 Å². The quantitative estimate of drug-likeness (QED) is 0.492. The van der Waals surface area contributed by atoms with Gasteiger partial charge in [0, 0.05) is 13.2 Å². The lowest BCUT2D eigenvalue weighted by Crippen LogP contribution is -2.23. The number of benzene rings is 2. The van der Waals surface area contributed by atoms with Gasteiger partial charge in [-0.25, -0.2) is 13.1 Å². The summed E-state index contributed by atoms with van der Waals surface area (Å²) in [7, 11) is 3.25. The summed E-state index contributed by atoms with van der Waals surface area (Å²) in [5, 5.41) is 6.94. The Balaban J connectivity index is 0.000000275. The van der Waals surface area contributed by atoms with Gasteiger partial charge in [0.15, 0.2) is 0 Å². The summed E-state index contributed by atoms with van der Waals surface area (Å²) in [6.45, 7) is 0.834. The van der Waals surface area contributed by atoms with Crippen LogP contribution >= 0.6 is 0 Å². The van der Waals surface area contributed by atoms with Crippen molar-refractivity contribution in [2.24, 2.45) is 13.0 Å². The van der Waals surface area contributed by atoms with Crippen LogP contribution in [-0.2, 0) is 36.1 Å². The number of ether oxygens (including phenoxy) is 1. The minimum Gasteiger partial charge on any atom is -0.497 e. The predicted molar refractivity (Wildman–Crippen MR) is 131 cm³/mol. The average Bonchev–Trinajstić information content (AvgIpc) is 3.43. The third kappa shape index (κ3) is 6.65.